The summed E-state index contributed by atoms with van der Waals surface area (Å²) in [5.74, 6) is 0.588. The van der Waals surface area contributed by atoms with Gasteiger partial charge in [-0.1, -0.05) is 71.8 Å². The first-order valence-electron chi connectivity index (χ1n) is 14.7. The summed E-state index contributed by atoms with van der Waals surface area (Å²) in [6, 6.07) is 22.2. The maximum Gasteiger partial charge on any atom is 0.266 e. The summed E-state index contributed by atoms with van der Waals surface area (Å²) in [5.41, 5.74) is 6.75. The van der Waals surface area contributed by atoms with Crippen LogP contribution >= 0.6 is 23.2 Å². The molecule has 10 heteroatoms. The Hall–Kier alpha value is -3.40. The van der Waals surface area contributed by atoms with E-state index in [1.54, 1.807) is 30.3 Å². The molecule has 0 saturated carbocycles. The lowest BCUT2D eigenvalue weighted by molar-refractivity contribution is -0.129. The number of amides is 1. The van der Waals surface area contributed by atoms with Crippen LogP contribution in [0.25, 0.3) is 6.08 Å². The predicted molar refractivity (Wildman–Crippen MR) is 175 cm³/mol. The second kappa shape index (κ2) is 16.6. The van der Waals surface area contributed by atoms with Gasteiger partial charge in [-0.15, -0.1) is 0 Å². The molecule has 8 nitrogen and oxygen atoms in total. The highest BCUT2D eigenvalue weighted by molar-refractivity contribution is 6.35. The van der Waals surface area contributed by atoms with Crippen molar-refractivity contribution in [3.8, 4) is 5.75 Å². The Morgan fingerprint density at radius 1 is 1.07 bits per heavy atom. The van der Waals surface area contributed by atoms with Crippen LogP contribution in [-0.4, -0.2) is 54.9 Å². The first-order valence-corrected chi connectivity index (χ1v) is 15.5. The predicted octanol–water partition coefficient (Wildman–Crippen LogP) is 6.55. The van der Waals surface area contributed by atoms with Crippen LogP contribution in [0.5, 0.6) is 5.75 Å². The SMILES string of the molecule is CC(C)OCCCNNC(=O)[C@@]1(C/C=C/c2ccccc2)N=C(c2ccc(OCCCO)cc2)O[C@H]1c1ccc(Cl)cc1Cl. The van der Waals surface area contributed by atoms with Gasteiger partial charge in [0.1, 0.15) is 5.75 Å². The number of aliphatic hydroxyl groups is 1. The molecule has 0 fully saturated rings. The quantitative estimate of drug-likeness (QED) is 0.121. The minimum atomic E-state index is -1.41. The smallest absolute Gasteiger partial charge is 0.266 e. The second-order valence-corrected chi connectivity index (χ2v) is 11.5. The van der Waals surface area contributed by atoms with Crippen molar-refractivity contribution < 1.29 is 24.1 Å². The van der Waals surface area contributed by atoms with Crippen LogP contribution in [0.15, 0.2) is 83.9 Å². The van der Waals surface area contributed by atoms with Gasteiger partial charge in [0, 0.05) is 53.8 Å². The van der Waals surface area contributed by atoms with Gasteiger partial charge in [-0.2, -0.15) is 0 Å². The fourth-order valence-electron chi connectivity index (χ4n) is 4.68. The van der Waals surface area contributed by atoms with Crippen LogP contribution in [0.2, 0.25) is 10.0 Å². The largest absolute Gasteiger partial charge is 0.494 e. The lowest BCUT2D eigenvalue weighted by atomic mass is 9.84. The number of halogens is 2. The third-order valence-electron chi connectivity index (χ3n) is 6.91. The number of carbonyl (C=O) groups is 1. The number of ether oxygens (including phenoxy) is 3. The highest BCUT2D eigenvalue weighted by atomic mass is 35.5. The molecule has 2 atom stereocenters. The molecule has 3 aromatic rings. The number of hydrazine groups is 1. The maximum atomic E-state index is 14.2. The van der Waals surface area contributed by atoms with E-state index in [1.807, 2.05) is 68.5 Å². The summed E-state index contributed by atoms with van der Waals surface area (Å²) in [6.45, 7) is 5.50. The lowest BCUT2D eigenvalue weighted by Gasteiger charge is -2.30. The molecule has 0 radical (unpaired) electrons. The number of hydrogen-bond acceptors (Lipinski definition) is 7. The maximum absolute atomic E-state index is 14.2. The van der Waals surface area contributed by atoms with E-state index in [0.717, 1.165) is 5.56 Å². The fourth-order valence-corrected chi connectivity index (χ4v) is 5.18. The molecule has 1 aliphatic rings. The lowest BCUT2D eigenvalue weighted by Crippen LogP contribution is -2.52. The van der Waals surface area contributed by atoms with Crippen molar-refractivity contribution in [1.82, 2.24) is 10.9 Å². The molecular formula is C34H39Cl2N3O5. The molecule has 0 aliphatic carbocycles. The molecule has 0 spiro atoms. The molecule has 234 valence electrons. The average Bonchev–Trinajstić information content (AvgIpc) is 3.40. The Morgan fingerprint density at radius 2 is 1.84 bits per heavy atom. The van der Waals surface area contributed by atoms with Crippen LogP contribution in [0.1, 0.15) is 55.9 Å². The van der Waals surface area contributed by atoms with E-state index >= 15 is 0 Å². The highest BCUT2D eigenvalue weighted by Crippen LogP contribution is 2.45. The van der Waals surface area contributed by atoms with Crippen molar-refractivity contribution in [3.05, 3.63) is 106 Å². The zero-order chi connectivity index (χ0) is 31.4. The van der Waals surface area contributed by atoms with Gasteiger partial charge in [0.05, 0.1) is 12.7 Å². The molecule has 4 rings (SSSR count). The normalized spacial score (nSPS) is 18.0. The molecule has 0 bridgehead atoms. The van der Waals surface area contributed by atoms with E-state index in [4.69, 9.17) is 47.5 Å². The number of benzene rings is 3. The van der Waals surface area contributed by atoms with E-state index in [0.29, 0.717) is 65.4 Å². The van der Waals surface area contributed by atoms with Crippen LogP contribution in [-0.2, 0) is 14.3 Å². The van der Waals surface area contributed by atoms with Crippen molar-refractivity contribution >= 4 is 41.1 Å². The molecule has 1 amide bonds. The highest BCUT2D eigenvalue weighted by Gasteiger charge is 2.53. The van der Waals surface area contributed by atoms with Crippen molar-refractivity contribution in [2.75, 3.05) is 26.4 Å². The van der Waals surface area contributed by atoms with E-state index in [9.17, 15) is 4.79 Å². The minimum absolute atomic E-state index is 0.0564. The standard InChI is InChI=1S/C34H39Cl2N3O5/c1-24(2)42-21-7-19-37-39-33(41)34(18-6-11-25-9-4-3-5-10-25)31(29-17-14-27(35)23-30(29)36)44-32(38-34)26-12-15-28(16-13-26)43-22-8-20-40/h3-6,9-17,23-24,31,37,40H,7-8,18-22H2,1-2H3,(H,39,41)/b11-6+/t31-,34-/m0/s1. The van der Waals surface area contributed by atoms with Gasteiger partial charge >= 0.3 is 0 Å². The van der Waals surface area contributed by atoms with Crippen molar-refractivity contribution in [2.45, 2.75) is 50.9 Å². The zero-order valence-electron chi connectivity index (χ0n) is 25.0. The third kappa shape index (κ3) is 9.06. The Morgan fingerprint density at radius 3 is 2.55 bits per heavy atom. The molecule has 3 N–H and O–H groups in total. The van der Waals surface area contributed by atoms with Crippen molar-refractivity contribution in [1.29, 1.82) is 0 Å². The number of rotatable bonds is 16. The first-order chi connectivity index (χ1) is 21.3. The number of aliphatic imine (C=N–C) groups is 1. The van der Waals surface area contributed by atoms with Gasteiger partial charge in [-0.25, -0.2) is 10.4 Å². The summed E-state index contributed by atoms with van der Waals surface area (Å²) >= 11 is 12.9. The van der Waals surface area contributed by atoms with Crippen LogP contribution in [0, 0.1) is 0 Å². The summed E-state index contributed by atoms with van der Waals surface area (Å²) in [5, 5.41) is 9.88. The average molecular weight is 641 g/mol. The van der Waals surface area contributed by atoms with Crippen molar-refractivity contribution in [2.24, 2.45) is 4.99 Å². The zero-order valence-corrected chi connectivity index (χ0v) is 26.5. The molecule has 44 heavy (non-hydrogen) atoms. The van der Waals surface area contributed by atoms with E-state index in [2.05, 4.69) is 10.9 Å². The summed E-state index contributed by atoms with van der Waals surface area (Å²) < 4.78 is 17.8. The van der Waals surface area contributed by atoms with Crippen LogP contribution in [0.4, 0.5) is 0 Å². The molecule has 0 aromatic heterocycles. The third-order valence-corrected chi connectivity index (χ3v) is 7.48. The Balaban J connectivity index is 1.68. The number of nitrogens with zero attached hydrogens (tertiary/aromatic N) is 1. The van der Waals surface area contributed by atoms with Crippen LogP contribution < -0.4 is 15.6 Å². The van der Waals surface area contributed by atoms with Gasteiger partial charge in [0.15, 0.2) is 11.6 Å². The molecular weight excluding hydrogens is 601 g/mol. The van der Waals surface area contributed by atoms with E-state index < -0.39 is 11.6 Å². The molecule has 0 unspecified atom stereocenters. The molecule has 3 aromatic carbocycles. The van der Waals surface area contributed by atoms with Gasteiger partial charge in [0.25, 0.3) is 5.91 Å². The van der Waals surface area contributed by atoms with E-state index in [1.165, 1.54) is 0 Å². The first kappa shape index (κ1) is 33.5. The van der Waals surface area contributed by atoms with Gasteiger partial charge in [0.2, 0.25) is 5.90 Å². The fraction of sp³-hybridized carbons (Fsp3) is 0.353. The monoisotopic (exact) mass is 639 g/mol. The number of carbonyl (C=O) groups excluding carboxylic acids is 1. The Labute approximate surface area is 269 Å². The minimum Gasteiger partial charge on any atom is -0.494 e. The topological polar surface area (TPSA) is 101 Å². The summed E-state index contributed by atoms with van der Waals surface area (Å²) in [6.07, 6.45) is 4.64. The number of nitrogens with one attached hydrogen (secondary N) is 2. The van der Waals surface area contributed by atoms with Crippen molar-refractivity contribution in [3.63, 3.8) is 0 Å². The second-order valence-electron chi connectivity index (χ2n) is 10.6. The van der Waals surface area contributed by atoms with Gasteiger partial charge in [-0.05, 0) is 62.2 Å². The Bertz CT molecular complexity index is 1420. The summed E-state index contributed by atoms with van der Waals surface area (Å²) in [7, 11) is 0. The van der Waals surface area contributed by atoms with Crippen LogP contribution in [0.3, 0.4) is 0 Å². The van der Waals surface area contributed by atoms with Gasteiger partial charge in [-0.3, -0.25) is 10.2 Å². The molecule has 1 heterocycles. The Kier molecular flexibility index (Phi) is 12.6. The molecule has 1 aliphatic heterocycles. The number of aliphatic hydroxyl groups excluding tert-OH is 1. The van der Waals surface area contributed by atoms with Gasteiger partial charge < -0.3 is 19.3 Å². The molecule has 0 saturated heterocycles. The van der Waals surface area contributed by atoms with E-state index in [-0.39, 0.29) is 25.0 Å². The number of hydrogen-bond donors (Lipinski definition) is 3. The summed E-state index contributed by atoms with van der Waals surface area (Å²) in [4.78, 5) is 19.1.